The molecule has 1 N–H and O–H groups in total. The van der Waals surface area contributed by atoms with Gasteiger partial charge in [0, 0.05) is 25.0 Å². The molecule has 1 aliphatic rings. The van der Waals surface area contributed by atoms with Gasteiger partial charge >= 0.3 is 0 Å². The van der Waals surface area contributed by atoms with Gasteiger partial charge in [0.05, 0.1) is 11.7 Å². The summed E-state index contributed by atoms with van der Waals surface area (Å²) < 4.78 is 5.60. The molecule has 1 amide bonds. The van der Waals surface area contributed by atoms with Gasteiger partial charge in [-0.25, -0.2) is 0 Å². The molecule has 0 unspecified atom stereocenters. The molecular formula is C16H19N3O2. The molecule has 110 valence electrons. The smallest absolute Gasteiger partial charge is 0.260 e. The summed E-state index contributed by atoms with van der Waals surface area (Å²) in [7, 11) is 0. The second kappa shape index (κ2) is 6.54. The quantitative estimate of drug-likeness (QED) is 0.927. The molecule has 2 heterocycles. The summed E-state index contributed by atoms with van der Waals surface area (Å²) >= 11 is 0. The van der Waals surface area contributed by atoms with Crippen molar-refractivity contribution in [1.82, 2.24) is 15.2 Å². The van der Waals surface area contributed by atoms with E-state index < -0.39 is 0 Å². The maximum absolute atomic E-state index is 12.1. The number of rotatable bonds is 3. The van der Waals surface area contributed by atoms with Crippen LogP contribution in [0.1, 0.15) is 6.42 Å². The maximum Gasteiger partial charge on any atom is 0.260 e. The number of pyridine rings is 1. The van der Waals surface area contributed by atoms with Crippen LogP contribution in [-0.4, -0.2) is 48.6 Å². The molecule has 1 aromatic carbocycles. The van der Waals surface area contributed by atoms with Crippen molar-refractivity contribution < 1.29 is 9.53 Å². The van der Waals surface area contributed by atoms with Gasteiger partial charge in [-0.1, -0.05) is 18.2 Å². The molecule has 0 bridgehead atoms. The highest BCUT2D eigenvalue weighted by atomic mass is 16.5. The lowest BCUT2D eigenvalue weighted by Gasteiger charge is -2.19. The number of fused-ring (bicyclic) bond motifs is 1. The summed E-state index contributed by atoms with van der Waals surface area (Å²) in [4.78, 5) is 18.3. The van der Waals surface area contributed by atoms with Gasteiger partial charge in [0.25, 0.3) is 5.91 Å². The number of aromatic nitrogens is 1. The van der Waals surface area contributed by atoms with Gasteiger partial charge in [-0.2, -0.15) is 0 Å². The Labute approximate surface area is 123 Å². The lowest BCUT2D eigenvalue weighted by Crippen LogP contribution is -2.37. The van der Waals surface area contributed by atoms with Gasteiger partial charge in [0.1, 0.15) is 5.75 Å². The molecule has 1 fully saturated rings. The highest BCUT2D eigenvalue weighted by Crippen LogP contribution is 2.17. The monoisotopic (exact) mass is 285 g/mol. The molecule has 0 atom stereocenters. The normalized spacial score (nSPS) is 15.7. The predicted molar refractivity (Wildman–Crippen MR) is 81.3 cm³/mol. The molecular weight excluding hydrogens is 266 g/mol. The van der Waals surface area contributed by atoms with Gasteiger partial charge in [0.15, 0.2) is 6.61 Å². The van der Waals surface area contributed by atoms with Crippen molar-refractivity contribution in [3.63, 3.8) is 0 Å². The fourth-order valence-corrected chi connectivity index (χ4v) is 2.46. The molecule has 1 saturated heterocycles. The standard InChI is InChI=1S/C16H19N3O2/c20-16(19-8-3-6-17-7-9-19)12-21-14-10-13-4-1-2-5-15(13)18-11-14/h1-2,4-5,10-11,17H,3,6-9,12H2. The number of nitrogens with zero attached hydrogens (tertiary/aromatic N) is 2. The first kappa shape index (κ1) is 13.8. The summed E-state index contributed by atoms with van der Waals surface area (Å²) in [5.41, 5.74) is 0.926. The summed E-state index contributed by atoms with van der Waals surface area (Å²) in [5.74, 6) is 0.668. The van der Waals surface area contributed by atoms with Gasteiger partial charge in [-0.05, 0) is 25.1 Å². The first-order valence-corrected chi connectivity index (χ1v) is 7.29. The molecule has 5 heteroatoms. The van der Waals surface area contributed by atoms with Crippen LogP contribution >= 0.6 is 0 Å². The fraction of sp³-hybridized carbons (Fsp3) is 0.375. The molecule has 1 aromatic heterocycles. The van der Waals surface area contributed by atoms with Gasteiger partial charge in [-0.3, -0.25) is 9.78 Å². The van der Waals surface area contributed by atoms with Crippen LogP contribution in [0.4, 0.5) is 0 Å². The van der Waals surface area contributed by atoms with Crippen molar-refractivity contribution in [2.45, 2.75) is 6.42 Å². The Morgan fingerprint density at radius 3 is 3.14 bits per heavy atom. The molecule has 0 radical (unpaired) electrons. The third-order valence-electron chi connectivity index (χ3n) is 3.62. The minimum atomic E-state index is 0.0341. The fourth-order valence-electron chi connectivity index (χ4n) is 2.46. The van der Waals surface area contributed by atoms with Crippen molar-refractivity contribution in [2.24, 2.45) is 0 Å². The van der Waals surface area contributed by atoms with E-state index >= 15 is 0 Å². The average Bonchev–Trinajstić information content (AvgIpc) is 2.81. The Morgan fingerprint density at radius 1 is 1.29 bits per heavy atom. The second-order valence-corrected chi connectivity index (χ2v) is 5.14. The Kier molecular flexibility index (Phi) is 4.31. The third kappa shape index (κ3) is 3.49. The maximum atomic E-state index is 12.1. The molecule has 0 aliphatic carbocycles. The third-order valence-corrected chi connectivity index (χ3v) is 3.62. The number of hydrogen-bond acceptors (Lipinski definition) is 4. The predicted octanol–water partition coefficient (Wildman–Crippen LogP) is 1.44. The number of nitrogens with one attached hydrogen (secondary N) is 1. The van der Waals surface area contributed by atoms with E-state index in [4.69, 9.17) is 4.74 Å². The topological polar surface area (TPSA) is 54.5 Å². The van der Waals surface area contributed by atoms with Gasteiger partial charge in [0.2, 0.25) is 0 Å². The van der Waals surface area contributed by atoms with Crippen molar-refractivity contribution in [3.05, 3.63) is 36.5 Å². The van der Waals surface area contributed by atoms with E-state index in [1.807, 2.05) is 35.2 Å². The molecule has 0 spiro atoms. The number of para-hydroxylation sites is 1. The zero-order valence-corrected chi connectivity index (χ0v) is 11.9. The molecule has 5 nitrogen and oxygen atoms in total. The molecule has 2 aromatic rings. The summed E-state index contributed by atoms with van der Waals surface area (Å²) in [5, 5.41) is 4.30. The van der Waals surface area contributed by atoms with Crippen LogP contribution in [0.5, 0.6) is 5.75 Å². The van der Waals surface area contributed by atoms with E-state index in [2.05, 4.69) is 10.3 Å². The van der Waals surface area contributed by atoms with Crippen LogP contribution in [0, 0.1) is 0 Å². The number of hydrogen-bond donors (Lipinski definition) is 1. The number of benzene rings is 1. The minimum absolute atomic E-state index is 0.0341. The Morgan fingerprint density at radius 2 is 2.19 bits per heavy atom. The highest BCUT2D eigenvalue weighted by Gasteiger charge is 2.15. The lowest BCUT2D eigenvalue weighted by molar-refractivity contribution is -0.133. The molecule has 1 aliphatic heterocycles. The number of carbonyl (C=O) groups is 1. The summed E-state index contributed by atoms with van der Waals surface area (Å²) in [6, 6.07) is 9.77. The molecule has 21 heavy (non-hydrogen) atoms. The Hall–Kier alpha value is -2.14. The number of amides is 1. The van der Waals surface area contributed by atoms with Crippen LogP contribution in [0.2, 0.25) is 0 Å². The number of carbonyl (C=O) groups excluding carboxylic acids is 1. The zero-order valence-electron chi connectivity index (χ0n) is 11.9. The van der Waals surface area contributed by atoms with E-state index in [0.717, 1.165) is 43.5 Å². The Bertz CT molecular complexity index is 622. The van der Waals surface area contributed by atoms with Crippen molar-refractivity contribution in [1.29, 1.82) is 0 Å². The van der Waals surface area contributed by atoms with Crippen LogP contribution < -0.4 is 10.1 Å². The summed E-state index contributed by atoms with van der Waals surface area (Å²) in [6.07, 6.45) is 2.66. The van der Waals surface area contributed by atoms with Crippen molar-refractivity contribution in [3.8, 4) is 5.75 Å². The van der Waals surface area contributed by atoms with E-state index in [1.165, 1.54) is 0 Å². The van der Waals surface area contributed by atoms with E-state index in [9.17, 15) is 4.79 Å². The number of ether oxygens (including phenoxy) is 1. The lowest BCUT2D eigenvalue weighted by atomic mass is 10.2. The van der Waals surface area contributed by atoms with Gasteiger partial charge in [-0.15, -0.1) is 0 Å². The largest absolute Gasteiger partial charge is 0.482 e. The van der Waals surface area contributed by atoms with E-state index in [1.54, 1.807) is 6.20 Å². The molecule has 0 saturated carbocycles. The van der Waals surface area contributed by atoms with E-state index in [0.29, 0.717) is 5.75 Å². The van der Waals surface area contributed by atoms with Crippen LogP contribution in [-0.2, 0) is 4.79 Å². The zero-order chi connectivity index (χ0) is 14.5. The first-order chi connectivity index (χ1) is 10.3. The Balaban J connectivity index is 1.61. The summed E-state index contributed by atoms with van der Waals surface area (Å²) in [6.45, 7) is 3.44. The molecule has 3 rings (SSSR count). The van der Waals surface area contributed by atoms with Gasteiger partial charge < -0.3 is 15.0 Å². The second-order valence-electron chi connectivity index (χ2n) is 5.14. The van der Waals surface area contributed by atoms with Crippen molar-refractivity contribution in [2.75, 3.05) is 32.8 Å². The average molecular weight is 285 g/mol. The van der Waals surface area contributed by atoms with Crippen LogP contribution in [0.15, 0.2) is 36.5 Å². The first-order valence-electron chi connectivity index (χ1n) is 7.29. The van der Waals surface area contributed by atoms with Crippen molar-refractivity contribution >= 4 is 16.8 Å². The van der Waals surface area contributed by atoms with Crippen LogP contribution in [0.25, 0.3) is 10.9 Å². The van der Waals surface area contributed by atoms with E-state index in [-0.39, 0.29) is 12.5 Å². The SMILES string of the molecule is O=C(COc1cnc2ccccc2c1)N1CCCNCC1. The minimum Gasteiger partial charge on any atom is -0.482 e. The van der Waals surface area contributed by atoms with Crippen LogP contribution in [0.3, 0.4) is 0 Å². The highest BCUT2D eigenvalue weighted by molar-refractivity contribution is 5.80.